The fourth-order valence-electron chi connectivity index (χ4n) is 2.19. The largest absolute Gasteiger partial charge is 0.466 e. The standard InChI is InChI=1S/C17H34O2.Al.3H/c1-3-5-7-9-11-13-15-17(18)19-16-14-12-10-8-6-4-2;;;;/h3-16H2,1-2H3;;;;. The molecule has 0 spiro atoms. The van der Waals surface area contributed by atoms with Crippen LogP contribution >= 0.6 is 0 Å². The number of carbonyl (C=O) groups excluding carboxylic acids is 1. The van der Waals surface area contributed by atoms with Crippen molar-refractivity contribution < 1.29 is 9.53 Å². The van der Waals surface area contributed by atoms with Crippen molar-refractivity contribution in [1.82, 2.24) is 0 Å². The van der Waals surface area contributed by atoms with Gasteiger partial charge in [0.15, 0.2) is 17.4 Å². The summed E-state index contributed by atoms with van der Waals surface area (Å²) in [6, 6.07) is 0. The molecule has 0 unspecified atom stereocenters. The van der Waals surface area contributed by atoms with Gasteiger partial charge in [-0.2, -0.15) is 0 Å². The summed E-state index contributed by atoms with van der Waals surface area (Å²) in [7, 11) is 0. The van der Waals surface area contributed by atoms with Crippen LogP contribution in [0.5, 0.6) is 0 Å². The zero-order valence-corrected chi connectivity index (χ0v) is 13.2. The lowest BCUT2D eigenvalue weighted by Crippen LogP contribution is -2.05. The summed E-state index contributed by atoms with van der Waals surface area (Å²) >= 11 is 0. The van der Waals surface area contributed by atoms with E-state index in [0.29, 0.717) is 13.0 Å². The summed E-state index contributed by atoms with van der Waals surface area (Å²) in [4.78, 5) is 11.4. The van der Waals surface area contributed by atoms with Crippen molar-refractivity contribution in [1.29, 1.82) is 0 Å². The first kappa shape index (κ1) is 22.3. The molecule has 20 heavy (non-hydrogen) atoms. The molecule has 0 aliphatic rings. The first-order valence-corrected chi connectivity index (χ1v) is 8.46. The molecule has 0 bridgehead atoms. The van der Waals surface area contributed by atoms with E-state index < -0.39 is 0 Å². The van der Waals surface area contributed by atoms with Gasteiger partial charge < -0.3 is 4.74 Å². The molecule has 0 aromatic carbocycles. The highest BCUT2D eigenvalue weighted by Gasteiger charge is 2.02. The van der Waals surface area contributed by atoms with E-state index in [4.69, 9.17) is 4.74 Å². The number of unbranched alkanes of at least 4 members (excludes halogenated alkanes) is 10. The minimum Gasteiger partial charge on any atom is -0.466 e. The predicted molar refractivity (Wildman–Crippen MR) is 92.3 cm³/mol. The van der Waals surface area contributed by atoms with Crippen molar-refractivity contribution in [3.63, 3.8) is 0 Å². The van der Waals surface area contributed by atoms with E-state index in [0.717, 1.165) is 12.8 Å². The molecule has 120 valence electrons. The van der Waals surface area contributed by atoms with Gasteiger partial charge in [-0.05, 0) is 12.8 Å². The minimum absolute atomic E-state index is 0. The number of carbonyl (C=O) groups is 1. The number of hydrogen-bond acceptors (Lipinski definition) is 2. The zero-order chi connectivity index (χ0) is 14.2. The fraction of sp³-hybridized carbons (Fsp3) is 0.941. The second kappa shape index (κ2) is 19.0. The highest BCUT2D eigenvalue weighted by Crippen LogP contribution is 2.08. The van der Waals surface area contributed by atoms with Gasteiger partial charge in [-0.1, -0.05) is 78.1 Å². The van der Waals surface area contributed by atoms with E-state index in [1.54, 1.807) is 0 Å². The Labute approximate surface area is 137 Å². The normalized spacial score (nSPS) is 10.1. The summed E-state index contributed by atoms with van der Waals surface area (Å²) in [6.07, 6.45) is 15.4. The van der Waals surface area contributed by atoms with E-state index in [1.807, 2.05) is 0 Å². The molecule has 3 heteroatoms. The van der Waals surface area contributed by atoms with Crippen LogP contribution in [0.2, 0.25) is 0 Å². The Bertz CT molecular complexity index is 195. The van der Waals surface area contributed by atoms with Crippen LogP contribution in [0.25, 0.3) is 0 Å². The lowest BCUT2D eigenvalue weighted by Gasteiger charge is -2.05. The molecular weight excluding hydrogens is 263 g/mol. The van der Waals surface area contributed by atoms with Crippen LogP contribution < -0.4 is 0 Å². The lowest BCUT2D eigenvalue weighted by molar-refractivity contribution is -0.143. The number of ether oxygens (including phenoxy) is 1. The topological polar surface area (TPSA) is 26.3 Å². The third-order valence-corrected chi connectivity index (χ3v) is 3.50. The fourth-order valence-corrected chi connectivity index (χ4v) is 2.19. The summed E-state index contributed by atoms with van der Waals surface area (Å²) < 4.78 is 5.24. The van der Waals surface area contributed by atoms with Gasteiger partial charge in [0.1, 0.15) is 0 Å². The molecule has 0 rings (SSSR count). The molecule has 0 atom stereocenters. The molecule has 0 N–H and O–H groups in total. The van der Waals surface area contributed by atoms with E-state index in [-0.39, 0.29) is 23.3 Å². The van der Waals surface area contributed by atoms with Crippen molar-refractivity contribution in [2.45, 2.75) is 97.3 Å². The van der Waals surface area contributed by atoms with Crippen molar-refractivity contribution in [3.8, 4) is 0 Å². The van der Waals surface area contributed by atoms with Crippen molar-refractivity contribution >= 4 is 23.3 Å². The predicted octanol–water partition coefficient (Wildman–Crippen LogP) is 4.46. The van der Waals surface area contributed by atoms with Crippen LogP contribution in [-0.2, 0) is 9.53 Å². The van der Waals surface area contributed by atoms with Crippen LogP contribution in [0.1, 0.15) is 97.3 Å². The van der Waals surface area contributed by atoms with Crippen molar-refractivity contribution in [2.24, 2.45) is 0 Å². The smallest absolute Gasteiger partial charge is 0.305 e. The molecule has 0 fully saturated rings. The van der Waals surface area contributed by atoms with E-state index in [1.165, 1.54) is 64.2 Å². The van der Waals surface area contributed by atoms with E-state index in [9.17, 15) is 4.79 Å². The molecule has 2 nitrogen and oxygen atoms in total. The first-order chi connectivity index (χ1) is 9.31. The minimum atomic E-state index is 0. The monoisotopic (exact) mass is 300 g/mol. The van der Waals surface area contributed by atoms with Crippen molar-refractivity contribution in [2.75, 3.05) is 6.61 Å². The third kappa shape index (κ3) is 18.0. The molecule has 0 radical (unpaired) electrons. The van der Waals surface area contributed by atoms with Crippen LogP contribution in [0, 0.1) is 0 Å². The molecule has 0 aromatic heterocycles. The van der Waals surface area contributed by atoms with Crippen LogP contribution in [0.3, 0.4) is 0 Å². The van der Waals surface area contributed by atoms with Gasteiger partial charge in [-0.3, -0.25) is 4.79 Å². The van der Waals surface area contributed by atoms with Crippen LogP contribution in [-0.4, -0.2) is 29.9 Å². The lowest BCUT2D eigenvalue weighted by atomic mass is 10.1. The Morgan fingerprint density at radius 3 is 1.70 bits per heavy atom. The summed E-state index contributed by atoms with van der Waals surface area (Å²) in [5.74, 6) is 0.00375. The Hall–Kier alpha value is 0.00247. The molecule has 0 saturated carbocycles. The Kier molecular flexibility index (Phi) is 21.2. The molecule has 0 aliphatic heterocycles. The number of esters is 1. The summed E-state index contributed by atoms with van der Waals surface area (Å²) in [5.41, 5.74) is 0. The number of rotatable bonds is 14. The quantitative estimate of drug-likeness (QED) is 0.269. The van der Waals surface area contributed by atoms with Gasteiger partial charge in [0.25, 0.3) is 0 Å². The maximum Gasteiger partial charge on any atom is 0.305 e. The second-order valence-electron chi connectivity index (χ2n) is 5.51. The highest BCUT2D eigenvalue weighted by molar-refractivity contribution is 5.75. The average Bonchev–Trinajstić information content (AvgIpc) is 2.41. The second-order valence-corrected chi connectivity index (χ2v) is 5.51. The Morgan fingerprint density at radius 1 is 0.700 bits per heavy atom. The summed E-state index contributed by atoms with van der Waals surface area (Å²) in [6.45, 7) is 5.07. The van der Waals surface area contributed by atoms with E-state index >= 15 is 0 Å². The maximum atomic E-state index is 11.4. The van der Waals surface area contributed by atoms with Gasteiger partial charge in [-0.15, -0.1) is 0 Å². The summed E-state index contributed by atoms with van der Waals surface area (Å²) in [5, 5.41) is 0. The maximum absolute atomic E-state index is 11.4. The average molecular weight is 300 g/mol. The molecular formula is C17H37AlO2. The van der Waals surface area contributed by atoms with Gasteiger partial charge in [0, 0.05) is 6.42 Å². The zero-order valence-electron chi connectivity index (χ0n) is 13.2. The van der Waals surface area contributed by atoms with Gasteiger partial charge in [-0.25, -0.2) is 0 Å². The van der Waals surface area contributed by atoms with Gasteiger partial charge in [0.2, 0.25) is 0 Å². The molecule has 0 amide bonds. The van der Waals surface area contributed by atoms with Crippen LogP contribution in [0.15, 0.2) is 0 Å². The van der Waals surface area contributed by atoms with Gasteiger partial charge >= 0.3 is 5.97 Å². The van der Waals surface area contributed by atoms with Gasteiger partial charge in [0.05, 0.1) is 6.61 Å². The van der Waals surface area contributed by atoms with Crippen molar-refractivity contribution in [3.05, 3.63) is 0 Å². The Balaban J connectivity index is 0. The third-order valence-electron chi connectivity index (χ3n) is 3.50. The SMILES string of the molecule is CCCCCCCCOC(=O)CCCCCCCC.[AlH3]. The highest BCUT2D eigenvalue weighted by atomic mass is 27.0. The molecule has 0 saturated heterocycles. The van der Waals surface area contributed by atoms with Crippen LogP contribution in [0.4, 0.5) is 0 Å². The first-order valence-electron chi connectivity index (χ1n) is 8.46. The molecule has 0 aliphatic carbocycles. The number of hydrogen-bond donors (Lipinski definition) is 0. The molecule has 0 aromatic rings. The van der Waals surface area contributed by atoms with E-state index in [2.05, 4.69) is 13.8 Å². The molecule has 0 heterocycles. The Morgan fingerprint density at radius 2 is 1.15 bits per heavy atom.